The summed E-state index contributed by atoms with van der Waals surface area (Å²) < 4.78 is 0. The lowest BCUT2D eigenvalue weighted by molar-refractivity contribution is 0.438. The van der Waals surface area contributed by atoms with Crippen molar-refractivity contribution >= 4 is 16.9 Å². The van der Waals surface area contributed by atoms with E-state index in [9.17, 15) is 0 Å². The minimum Gasteiger partial charge on any atom is -0.362 e. The first-order chi connectivity index (χ1) is 6.63. The molecule has 0 amide bonds. The Morgan fingerprint density at radius 2 is 2.29 bits per heavy atom. The normalized spacial score (nSPS) is 26.6. The van der Waals surface area contributed by atoms with Crippen LogP contribution in [0.15, 0.2) is 4.99 Å². The molecule has 0 radical (unpaired) electrons. The van der Waals surface area contributed by atoms with Crippen molar-refractivity contribution in [3.05, 3.63) is 0 Å². The van der Waals surface area contributed by atoms with Crippen LogP contribution in [0.4, 0.5) is 0 Å². The quantitative estimate of drug-likeness (QED) is 0.781. The number of thioether (sulfide) groups is 1. The van der Waals surface area contributed by atoms with Crippen LogP contribution in [0.3, 0.4) is 0 Å². The lowest BCUT2D eigenvalue weighted by Gasteiger charge is -2.24. The number of hydrogen-bond donors (Lipinski definition) is 1. The van der Waals surface area contributed by atoms with Crippen molar-refractivity contribution in [1.29, 1.82) is 0 Å². The third kappa shape index (κ3) is 3.52. The molecule has 0 aliphatic carbocycles. The third-order valence-corrected chi connectivity index (χ3v) is 4.16. The van der Waals surface area contributed by atoms with Gasteiger partial charge in [0, 0.05) is 18.3 Å². The molecule has 0 aromatic carbocycles. The minimum absolute atomic E-state index is 0.541. The highest BCUT2D eigenvalue weighted by Gasteiger charge is 2.16. The predicted molar refractivity (Wildman–Crippen MR) is 66.0 cm³/mol. The van der Waals surface area contributed by atoms with Crippen molar-refractivity contribution in [2.24, 2.45) is 16.8 Å². The SMILES string of the molecule is CCC(C)C(C)NC1=NCC(C)CS1. The molecular formula is C11H22N2S. The van der Waals surface area contributed by atoms with Gasteiger partial charge in [0.15, 0.2) is 5.17 Å². The van der Waals surface area contributed by atoms with E-state index in [1.54, 1.807) is 0 Å². The fraction of sp³-hybridized carbons (Fsp3) is 0.909. The van der Waals surface area contributed by atoms with Crippen molar-refractivity contribution in [1.82, 2.24) is 5.32 Å². The van der Waals surface area contributed by atoms with E-state index in [0.29, 0.717) is 6.04 Å². The number of nitrogens with zero attached hydrogens (tertiary/aromatic N) is 1. The van der Waals surface area contributed by atoms with Gasteiger partial charge in [0.05, 0.1) is 0 Å². The molecular weight excluding hydrogens is 192 g/mol. The van der Waals surface area contributed by atoms with Crippen molar-refractivity contribution in [3.63, 3.8) is 0 Å². The van der Waals surface area contributed by atoms with Crippen molar-refractivity contribution in [3.8, 4) is 0 Å². The first-order valence-corrected chi connectivity index (χ1v) is 6.55. The Morgan fingerprint density at radius 3 is 2.79 bits per heavy atom. The highest BCUT2D eigenvalue weighted by atomic mass is 32.2. The Labute approximate surface area is 92.0 Å². The van der Waals surface area contributed by atoms with E-state index in [4.69, 9.17) is 0 Å². The number of aliphatic imine (C=N–C) groups is 1. The lowest BCUT2D eigenvalue weighted by atomic mass is 10.0. The first-order valence-electron chi connectivity index (χ1n) is 5.57. The fourth-order valence-electron chi connectivity index (χ4n) is 1.34. The Balaban J connectivity index is 2.37. The zero-order valence-electron chi connectivity index (χ0n) is 9.71. The Hall–Kier alpha value is -0.180. The molecule has 1 heterocycles. The zero-order chi connectivity index (χ0) is 10.6. The van der Waals surface area contributed by atoms with Crippen LogP contribution in [0.2, 0.25) is 0 Å². The van der Waals surface area contributed by atoms with Gasteiger partial charge < -0.3 is 5.32 Å². The summed E-state index contributed by atoms with van der Waals surface area (Å²) in [6.45, 7) is 10.0. The highest BCUT2D eigenvalue weighted by Crippen LogP contribution is 2.17. The van der Waals surface area contributed by atoms with Gasteiger partial charge in [-0.3, -0.25) is 4.99 Å². The molecule has 0 spiro atoms. The van der Waals surface area contributed by atoms with E-state index < -0.39 is 0 Å². The molecule has 1 aliphatic rings. The second kappa shape index (κ2) is 5.64. The van der Waals surface area contributed by atoms with Gasteiger partial charge in [-0.25, -0.2) is 0 Å². The average molecular weight is 214 g/mol. The Kier molecular flexibility index (Phi) is 4.79. The number of rotatable bonds is 3. The van der Waals surface area contributed by atoms with Gasteiger partial charge in [0.2, 0.25) is 0 Å². The predicted octanol–water partition coefficient (Wildman–Crippen LogP) is 2.75. The monoisotopic (exact) mass is 214 g/mol. The van der Waals surface area contributed by atoms with E-state index in [1.807, 2.05) is 11.8 Å². The van der Waals surface area contributed by atoms with Crippen LogP contribution in [-0.4, -0.2) is 23.5 Å². The van der Waals surface area contributed by atoms with Gasteiger partial charge in [-0.15, -0.1) is 0 Å². The van der Waals surface area contributed by atoms with Crippen LogP contribution in [0.1, 0.15) is 34.1 Å². The second-order valence-corrected chi connectivity index (χ2v) is 5.39. The van der Waals surface area contributed by atoms with Gasteiger partial charge in [-0.1, -0.05) is 39.0 Å². The average Bonchev–Trinajstić information content (AvgIpc) is 2.20. The largest absolute Gasteiger partial charge is 0.362 e. The topological polar surface area (TPSA) is 24.4 Å². The molecule has 0 saturated heterocycles. The summed E-state index contributed by atoms with van der Waals surface area (Å²) in [5.41, 5.74) is 0. The zero-order valence-corrected chi connectivity index (χ0v) is 10.5. The number of nitrogens with one attached hydrogen (secondary N) is 1. The van der Waals surface area contributed by atoms with Crippen LogP contribution in [-0.2, 0) is 0 Å². The van der Waals surface area contributed by atoms with Gasteiger partial charge in [0.25, 0.3) is 0 Å². The molecule has 3 atom stereocenters. The summed E-state index contributed by atoms with van der Waals surface area (Å²) in [5, 5.41) is 4.65. The van der Waals surface area contributed by atoms with Gasteiger partial charge in [0.1, 0.15) is 0 Å². The molecule has 1 rings (SSSR count). The molecule has 0 aromatic heterocycles. The number of hydrogen-bond acceptors (Lipinski definition) is 3. The smallest absolute Gasteiger partial charge is 0.156 e. The van der Waals surface area contributed by atoms with Crippen LogP contribution < -0.4 is 5.32 Å². The molecule has 2 nitrogen and oxygen atoms in total. The first kappa shape index (κ1) is 11.9. The number of amidine groups is 1. The molecule has 0 fully saturated rings. The van der Waals surface area contributed by atoms with Crippen molar-refractivity contribution in [2.75, 3.05) is 12.3 Å². The Morgan fingerprint density at radius 1 is 1.57 bits per heavy atom. The molecule has 14 heavy (non-hydrogen) atoms. The molecule has 0 bridgehead atoms. The van der Waals surface area contributed by atoms with E-state index in [-0.39, 0.29) is 0 Å². The Bertz CT molecular complexity index is 203. The maximum absolute atomic E-state index is 4.54. The lowest BCUT2D eigenvalue weighted by Crippen LogP contribution is -2.37. The molecule has 1 aliphatic heterocycles. The molecule has 3 heteroatoms. The molecule has 0 aromatic rings. The molecule has 82 valence electrons. The molecule has 0 saturated carbocycles. The second-order valence-electron chi connectivity index (χ2n) is 4.38. The minimum atomic E-state index is 0.541. The summed E-state index contributed by atoms with van der Waals surface area (Å²) >= 11 is 1.87. The van der Waals surface area contributed by atoms with Gasteiger partial charge in [-0.2, -0.15) is 0 Å². The maximum atomic E-state index is 4.54. The summed E-state index contributed by atoms with van der Waals surface area (Å²) in [6, 6.07) is 0.541. The van der Waals surface area contributed by atoms with Crippen molar-refractivity contribution in [2.45, 2.75) is 40.2 Å². The maximum Gasteiger partial charge on any atom is 0.156 e. The van der Waals surface area contributed by atoms with E-state index in [2.05, 4.69) is 38.0 Å². The van der Waals surface area contributed by atoms with Crippen LogP contribution in [0.5, 0.6) is 0 Å². The van der Waals surface area contributed by atoms with Gasteiger partial charge in [-0.05, 0) is 18.8 Å². The summed E-state index contributed by atoms with van der Waals surface area (Å²) in [4.78, 5) is 4.54. The molecule has 1 N–H and O–H groups in total. The van der Waals surface area contributed by atoms with Crippen molar-refractivity contribution < 1.29 is 0 Å². The fourth-order valence-corrected chi connectivity index (χ4v) is 2.32. The standard InChI is InChI=1S/C11H22N2S/c1-5-9(3)10(4)13-11-12-6-8(2)7-14-11/h8-10H,5-7H2,1-4H3,(H,12,13). The van der Waals surface area contributed by atoms with Crippen LogP contribution >= 0.6 is 11.8 Å². The van der Waals surface area contributed by atoms with Gasteiger partial charge >= 0.3 is 0 Å². The van der Waals surface area contributed by atoms with E-state index >= 15 is 0 Å². The summed E-state index contributed by atoms with van der Waals surface area (Å²) in [7, 11) is 0. The van der Waals surface area contributed by atoms with Crippen LogP contribution in [0, 0.1) is 11.8 Å². The third-order valence-electron chi connectivity index (χ3n) is 2.90. The summed E-state index contributed by atoms with van der Waals surface area (Å²) in [5.74, 6) is 2.67. The van der Waals surface area contributed by atoms with E-state index in [0.717, 1.165) is 23.5 Å². The van der Waals surface area contributed by atoms with Crippen LogP contribution in [0.25, 0.3) is 0 Å². The summed E-state index contributed by atoms with van der Waals surface area (Å²) in [6.07, 6.45) is 1.22. The highest BCUT2D eigenvalue weighted by molar-refractivity contribution is 8.13. The van der Waals surface area contributed by atoms with E-state index in [1.165, 1.54) is 12.2 Å². The molecule has 3 unspecified atom stereocenters.